The molecule has 0 aliphatic rings. The van der Waals surface area contributed by atoms with Gasteiger partial charge in [0.05, 0.1) is 0 Å². The van der Waals surface area contributed by atoms with E-state index in [1.165, 1.54) is 12.3 Å². The van der Waals surface area contributed by atoms with Crippen molar-refractivity contribution in [2.75, 3.05) is 0 Å². The molecule has 1 rings (SSSR count). The van der Waals surface area contributed by atoms with Crippen molar-refractivity contribution in [1.82, 2.24) is 4.98 Å². The van der Waals surface area contributed by atoms with Crippen LogP contribution in [0.4, 0.5) is 0 Å². The van der Waals surface area contributed by atoms with Crippen molar-refractivity contribution in [3.8, 4) is 0 Å². The first-order valence-electron chi connectivity index (χ1n) is 3.21. The zero-order valence-electron chi connectivity index (χ0n) is 6.07. The number of aliphatic carboxylic acids is 1. The van der Waals surface area contributed by atoms with Crippen LogP contribution in [0.5, 0.6) is 0 Å². The minimum atomic E-state index is -0.983. The van der Waals surface area contributed by atoms with Gasteiger partial charge >= 0.3 is 5.97 Å². The predicted octanol–water partition coefficient (Wildman–Crippen LogP) is 1.83. The van der Waals surface area contributed by atoms with Crippen molar-refractivity contribution in [2.24, 2.45) is 0 Å². The molecular weight excluding hydrogens is 178 g/mol. The topological polar surface area (TPSA) is 50.2 Å². The summed E-state index contributed by atoms with van der Waals surface area (Å²) in [5.41, 5.74) is 0.720. The van der Waals surface area contributed by atoms with Gasteiger partial charge in [-0.2, -0.15) is 0 Å². The molecule has 0 spiro atoms. The third kappa shape index (κ3) is 2.72. The average Bonchev–Trinajstić information content (AvgIpc) is 2.01. The summed E-state index contributed by atoms with van der Waals surface area (Å²) in [6.45, 7) is 0. The van der Waals surface area contributed by atoms with Gasteiger partial charge in [0.2, 0.25) is 0 Å². The number of aromatic nitrogens is 1. The van der Waals surface area contributed by atoms with Crippen molar-refractivity contribution in [3.63, 3.8) is 0 Å². The van der Waals surface area contributed by atoms with Gasteiger partial charge in [0.1, 0.15) is 5.15 Å². The Labute approximate surface area is 74.3 Å². The van der Waals surface area contributed by atoms with Crippen LogP contribution in [-0.2, 0) is 4.79 Å². The highest BCUT2D eigenvalue weighted by Gasteiger charge is 1.91. The summed E-state index contributed by atoms with van der Waals surface area (Å²) in [7, 11) is 0. The van der Waals surface area contributed by atoms with Crippen LogP contribution in [0, 0.1) is 0 Å². The van der Waals surface area contributed by atoms with E-state index in [2.05, 4.69) is 4.98 Å². The average molecular weight is 184 g/mol. The summed E-state index contributed by atoms with van der Waals surface area (Å²) in [6, 6.07) is 3.26. The Bertz CT molecular complexity index is 323. The molecule has 0 aliphatic heterocycles. The quantitative estimate of drug-likeness (QED) is 0.562. The van der Waals surface area contributed by atoms with E-state index in [4.69, 9.17) is 16.7 Å². The zero-order valence-corrected chi connectivity index (χ0v) is 6.82. The summed E-state index contributed by atoms with van der Waals surface area (Å²) in [5.74, 6) is -0.983. The van der Waals surface area contributed by atoms with Crippen LogP contribution >= 0.6 is 11.6 Å². The van der Waals surface area contributed by atoms with E-state index < -0.39 is 5.97 Å². The molecule has 0 radical (unpaired) electrons. The van der Waals surface area contributed by atoms with Gasteiger partial charge in [0, 0.05) is 12.3 Å². The van der Waals surface area contributed by atoms with Crippen molar-refractivity contribution in [2.45, 2.75) is 0 Å². The normalized spacial score (nSPS) is 10.4. The Morgan fingerprint density at radius 2 is 2.42 bits per heavy atom. The summed E-state index contributed by atoms with van der Waals surface area (Å²) in [4.78, 5) is 13.9. The van der Waals surface area contributed by atoms with Gasteiger partial charge in [-0.15, -0.1) is 0 Å². The molecule has 1 aromatic heterocycles. The van der Waals surface area contributed by atoms with Gasteiger partial charge in [-0.3, -0.25) is 0 Å². The fourth-order valence-corrected chi connectivity index (χ4v) is 0.871. The van der Waals surface area contributed by atoms with Crippen LogP contribution in [0.1, 0.15) is 5.56 Å². The highest BCUT2D eigenvalue weighted by molar-refractivity contribution is 6.29. The van der Waals surface area contributed by atoms with Gasteiger partial charge < -0.3 is 5.11 Å². The maximum Gasteiger partial charge on any atom is 0.328 e. The number of pyridine rings is 1. The lowest BCUT2D eigenvalue weighted by atomic mass is 10.2. The Morgan fingerprint density at radius 1 is 1.67 bits per heavy atom. The molecule has 0 saturated carbocycles. The predicted molar refractivity (Wildman–Crippen MR) is 45.9 cm³/mol. The largest absolute Gasteiger partial charge is 0.478 e. The second kappa shape index (κ2) is 3.88. The summed E-state index contributed by atoms with van der Waals surface area (Å²) in [6.07, 6.45) is 4.02. The number of hydrogen-bond donors (Lipinski definition) is 1. The molecule has 1 N–H and O–H groups in total. The molecule has 12 heavy (non-hydrogen) atoms. The molecule has 0 amide bonds. The fourth-order valence-electron chi connectivity index (χ4n) is 0.689. The number of carbonyl (C=O) groups is 1. The van der Waals surface area contributed by atoms with Gasteiger partial charge in [0.15, 0.2) is 0 Å². The molecule has 0 aromatic carbocycles. The molecule has 0 bridgehead atoms. The van der Waals surface area contributed by atoms with Crippen molar-refractivity contribution < 1.29 is 9.90 Å². The second-order valence-corrected chi connectivity index (χ2v) is 2.47. The lowest BCUT2D eigenvalue weighted by Gasteiger charge is -1.91. The van der Waals surface area contributed by atoms with E-state index in [0.717, 1.165) is 11.6 Å². The highest BCUT2D eigenvalue weighted by Crippen LogP contribution is 2.07. The molecule has 3 nitrogen and oxygen atoms in total. The Morgan fingerprint density at radius 3 is 3.00 bits per heavy atom. The lowest BCUT2D eigenvalue weighted by molar-refractivity contribution is -0.131. The van der Waals surface area contributed by atoms with E-state index in [1.54, 1.807) is 12.1 Å². The van der Waals surface area contributed by atoms with E-state index in [9.17, 15) is 4.79 Å². The number of nitrogens with zero attached hydrogens (tertiary/aromatic N) is 1. The zero-order chi connectivity index (χ0) is 8.97. The van der Waals surface area contributed by atoms with E-state index in [-0.39, 0.29) is 0 Å². The number of halogens is 1. The van der Waals surface area contributed by atoms with Gasteiger partial charge in [-0.05, 0) is 23.8 Å². The number of rotatable bonds is 2. The first-order chi connectivity index (χ1) is 5.68. The molecule has 0 unspecified atom stereocenters. The SMILES string of the molecule is O=C(O)C=Cc1ccnc(Cl)c1. The van der Waals surface area contributed by atoms with E-state index in [1.807, 2.05) is 0 Å². The minimum absolute atomic E-state index is 0.350. The monoisotopic (exact) mass is 183 g/mol. The first kappa shape index (κ1) is 8.74. The maximum absolute atomic E-state index is 10.1. The molecule has 1 aromatic rings. The van der Waals surface area contributed by atoms with Crippen molar-refractivity contribution in [3.05, 3.63) is 35.1 Å². The molecule has 4 heteroatoms. The fraction of sp³-hybridized carbons (Fsp3) is 0. The summed E-state index contributed by atoms with van der Waals surface area (Å²) in [5, 5.41) is 8.66. The first-order valence-corrected chi connectivity index (χ1v) is 3.59. The minimum Gasteiger partial charge on any atom is -0.478 e. The third-order valence-corrected chi connectivity index (χ3v) is 1.38. The van der Waals surface area contributed by atoms with E-state index in [0.29, 0.717) is 5.15 Å². The molecule has 0 aliphatic carbocycles. The summed E-state index contributed by atoms with van der Waals surface area (Å²) >= 11 is 5.57. The Balaban J connectivity index is 2.83. The van der Waals surface area contributed by atoms with Crippen LogP contribution in [0.3, 0.4) is 0 Å². The van der Waals surface area contributed by atoms with Gasteiger partial charge in [0.25, 0.3) is 0 Å². The third-order valence-electron chi connectivity index (χ3n) is 1.17. The van der Waals surface area contributed by atoms with Crippen molar-refractivity contribution >= 4 is 23.6 Å². The van der Waals surface area contributed by atoms with E-state index >= 15 is 0 Å². The van der Waals surface area contributed by atoms with Crippen LogP contribution in [0.25, 0.3) is 6.08 Å². The molecule has 62 valence electrons. The van der Waals surface area contributed by atoms with Crippen LogP contribution < -0.4 is 0 Å². The van der Waals surface area contributed by atoms with Gasteiger partial charge in [-0.1, -0.05) is 11.6 Å². The molecule has 0 atom stereocenters. The van der Waals surface area contributed by atoms with Crippen LogP contribution in [-0.4, -0.2) is 16.1 Å². The smallest absolute Gasteiger partial charge is 0.328 e. The van der Waals surface area contributed by atoms with Crippen LogP contribution in [0.2, 0.25) is 5.15 Å². The number of hydrogen-bond acceptors (Lipinski definition) is 2. The lowest BCUT2D eigenvalue weighted by Crippen LogP contribution is -1.85. The molecule has 0 saturated heterocycles. The second-order valence-electron chi connectivity index (χ2n) is 2.08. The maximum atomic E-state index is 10.1. The van der Waals surface area contributed by atoms with Gasteiger partial charge in [-0.25, -0.2) is 9.78 Å². The van der Waals surface area contributed by atoms with Crippen LogP contribution in [0.15, 0.2) is 24.4 Å². The molecule has 1 heterocycles. The number of carboxylic acid groups (broad SMARTS) is 1. The Kier molecular flexibility index (Phi) is 2.82. The number of carboxylic acids is 1. The Hall–Kier alpha value is -1.35. The molecule has 0 fully saturated rings. The molecular formula is C8H6ClNO2. The summed E-state index contributed by atoms with van der Waals surface area (Å²) < 4.78 is 0. The standard InChI is InChI=1S/C8H6ClNO2/c9-7-5-6(3-4-10-7)1-2-8(11)12/h1-5H,(H,11,12). The highest BCUT2D eigenvalue weighted by atomic mass is 35.5. The van der Waals surface area contributed by atoms with Crippen molar-refractivity contribution in [1.29, 1.82) is 0 Å².